The lowest BCUT2D eigenvalue weighted by Crippen LogP contribution is -2.29. The number of benzene rings is 3. The Labute approximate surface area is 200 Å². The number of hydrogen-bond donors (Lipinski definition) is 1. The maximum atomic E-state index is 14.0. The van der Waals surface area contributed by atoms with Gasteiger partial charge in [-0.05, 0) is 60.9 Å². The average Bonchev–Trinajstić information content (AvgIpc) is 2.81. The topological polar surface area (TPSA) is 75.7 Å². The normalized spacial score (nSPS) is 11.1. The van der Waals surface area contributed by atoms with Gasteiger partial charge in [0.2, 0.25) is 10.0 Å². The van der Waals surface area contributed by atoms with E-state index in [1.807, 2.05) is 24.3 Å². The second-order valence-electron chi connectivity index (χ2n) is 7.99. The van der Waals surface area contributed by atoms with Crippen molar-refractivity contribution in [3.8, 4) is 5.75 Å². The summed E-state index contributed by atoms with van der Waals surface area (Å²) < 4.78 is 45.3. The van der Waals surface area contributed by atoms with E-state index in [9.17, 15) is 17.6 Å². The summed E-state index contributed by atoms with van der Waals surface area (Å²) in [5.74, 6) is -0.367. The van der Waals surface area contributed by atoms with Crippen LogP contribution in [0.3, 0.4) is 0 Å². The van der Waals surface area contributed by atoms with Crippen LogP contribution in [0.5, 0.6) is 5.75 Å². The molecule has 8 heteroatoms. The number of nitrogens with zero attached hydrogens (tertiary/aromatic N) is 1. The summed E-state index contributed by atoms with van der Waals surface area (Å²) in [4.78, 5) is 12.2. The number of anilines is 2. The van der Waals surface area contributed by atoms with Gasteiger partial charge in [0.25, 0.3) is 5.91 Å². The predicted molar refractivity (Wildman–Crippen MR) is 133 cm³/mol. The van der Waals surface area contributed by atoms with Crippen LogP contribution in [0.4, 0.5) is 15.8 Å². The quantitative estimate of drug-likeness (QED) is 0.408. The second kappa shape index (κ2) is 11.7. The highest BCUT2D eigenvalue weighted by atomic mass is 32.2. The van der Waals surface area contributed by atoms with E-state index in [1.165, 1.54) is 11.6 Å². The minimum Gasteiger partial charge on any atom is -0.484 e. The molecule has 6 nitrogen and oxygen atoms in total. The van der Waals surface area contributed by atoms with Gasteiger partial charge in [-0.3, -0.25) is 9.10 Å². The highest BCUT2D eigenvalue weighted by Crippen LogP contribution is 2.24. The molecule has 0 fully saturated rings. The lowest BCUT2D eigenvalue weighted by atomic mass is 10.1. The van der Waals surface area contributed by atoms with E-state index in [2.05, 4.69) is 12.2 Å². The monoisotopic (exact) mass is 484 g/mol. The second-order valence-corrected chi connectivity index (χ2v) is 9.90. The summed E-state index contributed by atoms with van der Waals surface area (Å²) >= 11 is 0. The Morgan fingerprint density at radius 2 is 1.68 bits per heavy atom. The number of aryl methyl sites for hydroxylation is 1. The van der Waals surface area contributed by atoms with Crippen molar-refractivity contribution in [2.45, 2.75) is 32.7 Å². The van der Waals surface area contributed by atoms with Crippen LogP contribution in [-0.2, 0) is 27.8 Å². The molecule has 180 valence electrons. The Bertz CT molecular complexity index is 1200. The number of nitrogens with one attached hydrogen (secondary N) is 1. The number of carbonyl (C=O) groups excluding carboxylic acids is 1. The first kappa shape index (κ1) is 25.2. The van der Waals surface area contributed by atoms with Crippen LogP contribution in [0.25, 0.3) is 0 Å². The number of sulfonamides is 1. The first-order chi connectivity index (χ1) is 16.3. The Balaban J connectivity index is 1.58. The van der Waals surface area contributed by atoms with Gasteiger partial charge in [-0.15, -0.1) is 0 Å². The molecule has 34 heavy (non-hydrogen) atoms. The Hall–Kier alpha value is -3.39. The van der Waals surface area contributed by atoms with E-state index in [4.69, 9.17) is 4.74 Å². The molecular formula is C26H29FN2O4S. The fraction of sp³-hybridized carbons (Fsp3) is 0.269. The molecule has 0 aromatic heterocycles. The lowest BCUT2D eigenvalue weighted by Gasteiger charge is -2.23. The van der Waals surface area contributed by atoms with Crippen molar-refractivity contribution in [3.63, 3.8) is 0 Å². The minimum atomic E-state index is -3.65. The van der Waals surface area contributed by atoms with E-state index >= 15 is 0 Å². The van der Waals surface area contributed by atoms with Gasteiger partial charge in [-0.2, -0.15) is 0 Å². The minimum absolute atomic E-state index is 0.134. The summed E-state index contributed by atoms with van der Waals surface area (Å²) in [6.07, 6.45) is 4.35. The Morgan fingerprint density at radius 3 is 2.29 bits per heavy atom. The summed E-state index contributed by atoms with van der Waals surface area (Å²) in [5, 5.41) is 2.79. The zero-order chi connectivity index (χ0) is 24.6. The highest BCUT2D eigenvalue weighted by Gasteiger charge is 2.19. The molecule has 0 bridgehead atoms. The molecule has 0 spiro atoms. The third-order valence-electron chi connectivity index (χ3n) is 5.22. The van der Waals surface area contributed by atoms with Crippen molar-refractivity contribution in [1.82, 2.24) is 0 Å². The zero-order valence-electron chi connectivity index (χ0n) is 19.3. The van der Waals surface area contributed by atoms with E-state index in [-0.39, 0.29) is 24.6 Å². The third kappa shape index (κ3) is 7.31. The van der Waals surface area contributed by atoms with Gasteiger partial charge in [0.1, 0.15) is 11.6 Å². The maximum absolute atomic E-state index is 14.0. The number of carbonyl (C=O) groups is 1. The number of ether oxygens (including phenoxy) is 1. The summed E-state index contributed by atoms with van der Waals surface area (Å²) in [7, 11) is -3.65. The number of rotatable bonds is 11. The summed E-state index contributed by atoms with van der Waals surface area (Å²) in [6, 6.07) is 20.0. The smallest absolute Gasteiger partial charge is 0.262 e. The Morgan fingerprint density at radius 1 is 1.00 bits per heavy atom. The summed E-state index contributed by atoms with van der Waals surface area (Å²) in [6.45, 7) is 1.82. The molecule has 3 rings (SSSR count). The van der Waals surface area contributed by atoms with Crippen LogP contribution in [0.2, 0.25) is 0 Å². The molecule has 0 unspecified atom stereocenters. The van der Waals surface area contributed by atoms with Gasteiger partial charge < -0.3 is 10.1 Å². The van der Waals surface area contributed by atoms with Crippen molar-refractivity contribution < 1.29 is 22.3 Å². The molecule has 0 aliphatic carbocycles. The van der Waals surface area contributed by atoms with Crippen molar-refractivity contribution in [2.75, 3.05) is 22.5 Å². The fourth-order valence-electron chi connectivity index (χ4n) is 3.37. The first-order valence-corrected chi connectivity index (χ1v) is 12.9. The molecule has 0 radical (unpaired) electrons. The molecule has 3 aromatic rings. The van der Waals surface area contributed by atoms with Crippen molar-refractivity contribution in [3.05, 3.63) is 89.7 Å². The fourth-order valence-corrected chi connectivity index (χ4v) is 4.25. The number of halogens is 1. The average molecular weight is 485 g/mol. The van der Waals surface area contributed by atoms with E-state index in [0.717, 1.165) is 29.8 Å². The molecule has 0 aliphatic rings. The molecule has 0 saturated heterocycles. The van der Waals surface area contributed by atoms with Crippen LogP contribution in [0, 0.1) is 5.82 Å². The van der Waals surface area contributed by atoms with E-state index in [1.54, 1.807) is 42.5 Å². The van der Waals surface area contributed by atoms with Crippen LogP contribution >= 0.6 is 0 Å². The van der Waals surface area contributed by atoms with Gasteiger partial charge in [0.05, 0.1) is 18.5 Å². The third-order valence-corrected chi connectivity index (χ3v) is 6.36. The molecule has 1 amide bonds. The number of unbranched alkanes of at least 4 members (excludes halogenated alkanes) is 1. The van der Waals surface area contributed by atoms with Gasteiger partial charge in [-0.1, -0.05) is 43.7 Å². The SMILES string of the molecule is CCCCc1ccc(NC(=O)COc2ccc(N(Cc3ccccc3F)S(C)(=O)=O)cc2)cc1. The van der Waals surface area contributed by atoms with Crippen LogP contribution in [0.1, 0.15) is 30.9 Å². The van der Waals surface area contributed by atoms with E-state index in [0.29, 0.717) is 17.1 Å². The maximum Gasteiger partial charge on any atom is 0.262 e. The Kier molecular flexibility index (Phi) is 8.65. The van der Waals surface area contributed by atoms with Crippen molar-refractivity contribution >= 4 is 27.3 Å². The van der Waals surface area contributed by atoms with Crippen molar-refractivity contribution in [1.29, 1.82) is 0 Å². The molecule has 0 aliphatic heterocycles. The number of hydrogen-bond acceptors (Lipinski definition) is 4. The van der Waals surface area contributed by atoms with Crippen molar-refractivity contribution in [2.24, 2.45) is 0 Å². The largest absolute Gasteiger partial charge is 0.484 e. The van der Waals surface area contributed by atoms with Crippen LogP contribution in [-0.4, -0.2) is 27.2 Å². The molecular weight excluding hydrogens is 455 g/mol. The lowest BCUT2D eigenvalue weighted by molar-refractivity contribution is -0.118. The standard InChI is InChI=1S/C26H29FN2O4S/c1-3-4-7-20-10-12-22(13-11-20)28-26(30)19-33-24-16-14-23(15-17-24)29(34(2,31)32)18-21-8-5-6-9-25(21)27/h5-6,8-17H,3-4,7,18-19H2,1-2H3,(H,28,30). The van der Waals surface area contributed by atoms with Gasteiger partial charge in [0.15, 0.2) is 6.61 Å². The van der Waals surface area contributed by atoms with Gasteiger partial charge in [0, 0.05) is 11.3 Å². The number of amides is 1. The molecule has 0 atom stereocenters. The van der Waals surface area contributed by atoms with E-state index < -0.39 is 15.8 Å². The van der Waals surface area contributed by atoms with Crippen LogP contribution < -0.4 is 14.4 Å². The van der Waals surface area contributed by atoms with Gasteiger partial charge in [-0.25, -0.2) is 12.8 Å². The predicted octanol–water partition coefficient (Wildman–Crippen LogP) is 5.15. The van der Waals surface area contributed by atoms with Crippen LogP contribution in [0.15, 0.2) is 72.8 Å². The summed E-state index contributed by atoms with van der Waals surface area (Å²) in [5.41, 5.74) is 2.56. The first-order valence-electron chi connectivity index (χ1n) is 11.1. The molecule has 0 heterocycles. The molecule has 3 aromatic carbocycles. The molecule has 1 N–H and O–H groups in total. The zero-order valence-corrected chi connectivity index (χ0v) is 20.1. The van der Waals surface area contributed by atoms with Gasteiger partial charge >= 0.3 is 0 Å². The highest BCUT2D eigenvalue weighted by molar-refractivity contribution is 7.92. The molecule has 0 saturated carbocycles.